The average Bonchev–Trinajstić information content (AvgIpc) is 2.99. The first kappa shape index (κ1) is 21.4. The molecule has 0 fully saturated rings. The fraction of sp³-hybridized carbons (Fsp3) is 0.348. The number of amides is 2. The maximum atomic E-state index is 12.5. The molecular formula is C23H26N2O5. The molecule has 2 aromatic rings. The summed E-state index contributed by atoms with van der Waals surface area (Å²) in [6, 6.07) is 14.1. The summed E-state index contributed by atoms with van der Waals surface area (Å²) in [5.41, 5.74) is 2.72. The smallest absolute Gasteiger partial charge is 0.408 e. The Hall–Kier alpha value is -3.35. The maximum absolute atomic E-state index is 12.5. The Balaban J connectivity index is 1.72. The van der Waals surface area contributed by atoms with Gasteiger partial charge in [-0.25, -0.2) is 9.59 Å². The summed E-state index contributed by atoms with van der Waals surface area (Å²) in [4.78, 5) is 36.0. The zero-order valence-electron chi connectivity index (χ0n) is 17.3. The molecule has 0 aliphatic carbocycles. The summed E-state index contributed by atoms with van der Waals surface area (Å²) in [7, 11) is 0. The van der Waals surface area contributed by atoms with Crippen LogP contribution in [0.4, 0.5) is 10.5 Å². The minimum absolute atomic E-state index is 0.0802. The highest BCUT2D eigenvalue weighted by Gasteiger charge is 2.32. The van der Waals surface area contributed by atoms with Crippen LogP contribution in [-0.4, -0.2) is 34.7 Å². The van der Waals surface area contributed by atoms with Gasteiger partial charge >= 0.3 is 12.1 Å². The Bertz CT molecular complexity index is 950. The number of hydrogen-bond donors (Lipinski definition) is 3. The van der Waals surface area contributed by atoms with Crippen LogP contribution in [0.2, 0.25) is 0 Å². The summed E-state index contributed by atoms with van der Waals surface area (Å²) < 4.78 is 5.15. The Morgan fingerprint density at radius 1 is 1.17 bits per heavy atom. The van der Waals surface area contributed by atoms with Crippen molar-refractivity contribution in [2.45, 2.75) is 51.2 Å². The molecule has 7 heteroatoms. The van der Waals surface area contributed by atoms with E-state index in [4.69, 9.17) is 4.74 Å². The van der Waals surface area contributed by atoms with E-state index in [0.717, 1.165) is 22.4 Å². The lowest BCUT2D eigenvalue weighted by atomic mass is 9.91. The molecule has 0 aromatic heterocycles. The molecule has 3 rings (SSSR count). The number of fused-ring (bicyclic) bond motifs is 1. The van der Waals surface area contributed by atoms with Gasteiger partial charge in [0.2, 0.25) is 5.91 Å². The number of nitrogens with one attached hydrogen (secondary N) is 2. The molecule has 1 aliphatic heterocycles. The highest BCUT2D eigenvalue weighted by molar-refractivity contribution is 6.05. The number of anilines is 1. The minimum atomic E-state index is -1.12. The number of carboxylic acid groups (broad SMARTS) is 1. The van der Waals surface area contributed by atoms with E-state index in [0.29, 0.717) is 6.42 Å². The van der Waals surface area contributed by atoms with Crippen molar-refractivity contribution in [1.29, 1.82) is 0 Å². The van der Waals surface area contributed by atoms with Gasteiger partial charge in [0.25, 0.3) is 0 Å². The number of aliphatic carboxylic acids is 1. The van der Waals surface area contributed by atoms with Gasteiger partial charge in [-0.2, -0.15) is 0 Å². The van der Waals surface area contributed by atoms with Gasteiger partial charge in [-0.3, -0.25) is 4.79 Å². The van der Waals surface area contributed by atoms with E-state index in [9.17, 15) is 19.5 Å². The van der Waals surface area contributed by atoms with E-state index in [2.05, 4.69) is 10.6 Å². The second kappa shape index (κ2) is 8.57. The third kappa shape index (κ3) is 5.17. The molecule has 1 heterocycles. The lowest BCUT2D eigenvalue weighted by Gasteiger charge is -2.22. The SMILES string of the molecule is CC(C)(C)OC(=O)N[C@@H](CCc1ccc2c(c1)C(c1ccccc1)C(=O)N2)C(=O)O. The lowest BCUT2D eigenvalue weighted by molar-refractivity contribution is -0.139. The van der Waals surface area contributed by atoms with Crippen molar-refractivity contribution in [3.05, 3.63) is 65.2 Å². The van der Waals surface area contributed by atoms with Crippen molar-refractivity contribution in [3.63, 3.8) is 0 Å². The quantitative estimate of drug-likeness (QED) is 0.674. The topological polar surface area (TPSA) is 105 Å². The molecule has 30 heavy (non-hydrogen) atoms. The van der Waals surface area contributed by atoms with Crippen LogP contribution in [0.5, 0.6) is 0 Å². The molecule has 0 saturated carbocycles. The van der Waals surface area contributed by atoms with Crippen molar-refractivity contribution in [2.24, 2.45) is 0 Å². The first-order valence-electron chi connectivity index (χ1n) is 9.85. The number of alkyl carbamates (subject to hydrolysis) is 1. The van der Waals surface area contributed by atoms with Crippen LogP contribution in [-0.2, 0) is 20.7 Å². The third-order valence-corrected chi connectivity index (χ3v) is 4.79. The second-order valence-corrected chi connectivity index (χ2v) is 8.33. The first-order valence-corrected chi connectivity index (χ1v) is 9.85. The highest BCUT2D eigenvalue weighted by atomic mass is 16.6. The molecule has 2 atom stereocenters. The molecule has 0 bridgehead atoms. The lowest BCUT2D eigenvalue weighted by Crippen LogP contribution is -2.43. The van der Waals surface area contributed by atoms with E-state index >= 15 is 0 Å². The van der Waals surface area contributed by atoms with Crippen molar-refractivity contribution in [2.75, 3.05) is 5.32 Å². The fourth-order valence-electron chi connectivity index (χ4n) is 3.46. The van der Waals surface area contributed by atoms with Crippen LogP contribution >= 0.6 is 0 Å². The number of hydrogen-bond acceptors (Lipinski definition) is 4. The van der Waals surface area contributed by atoms with Crippen LogP contribution in [0.1, 0.15) is 49.8 Å². The average molecular weight is 410 g/mol. The van der Waals surface area contributed by atoms with Crippen LogP contribution in [0.15, 0.2) is 48.5 Å². The van der Waals surface area contributed by atoms with Gasteiger partial charge in [0.15, 0.2) is 0 Å². The number of carboxylic acids is 1. The molecule has 2 aromatic carbocycles. The molecule has 7 nitrogen and oxygen atoms in total. The number of carbonyl (C=O) groups is 3. The standard InChI is InChI=1S/C23H26N2O5/c1-23(2,3)30-22(29)25-18(21(27)28)12-10-14-9-11-17-16(13-14)19(20(26)24-17)15-7-5-4-6-8-15/h4-9,11,13,18-19H,10,12H2,1-3H3,(H,24,26)(H,25,29)(H,27,28)/t18-,19?/m0/s1. The summed E-state index contributed by atoms with van der Waals surface area (Å²) in [6.45, 7) is 5.14. The zero-order chi connectivity index (χ0) is 21.9. The predicted octanol–water partition coefficient (Wildman–Crippen LogP) is 3.68. The summed E-state index contributed by atoms with van der Waals surface area (Å²) >= 11 is 0. The Kier molecular flexibility index (Phi) is 6.10. The molecule has 0 radical (unpaired) electrons. The molecule has 2 amide bonds. The van der Waals surface area contributed by atoms with Gasteiger partial charge in [-0.05, 0) is 56.4 Å². The number of ether oxygens (including phenoxy) is 1. The van der Waals surface area contributed by atoms with Gasteiger partial charge in [0.05, 0.1) is 5.92 Å². The molecule has 1 unspecified atom stereocenters. The van der Waals surface area contributed by atoms with E-state index in [1.807, 2.05) is 48.5 Å². The van der Waals surface area contributed by atoms with Crippen molar-refractivity contribution >= 4 is 23.7 Å². The van der Waals surface area contributed by atoms with Crippen LogP contribution < -0.4 is 10.6 Å². The van der Waals surface area contributed by atoms with E-state index in [1.165, 1.54) is 0 Å². The number of aryl methyl sites for hydroxylation is 1. The summed E-state index contributed by atoms with van der Waals surface area (Å²) in [5.74, 6) is -1.60. The molecule has 0 saturated heterocycles. The highest BCUT2D eigenvalue weighted by Crippen LogP contribution is 2.37. The molecule has 1 aliphatic rings. The molecular weight excluding hydrogens is 384 g/mol. The normalized spacial score (nSPS) is 16.4. The maximum Gasteiger partial charge on any atom is 0.408 e. The van der Waals surface area contributed by atoms with E-state index < -0.39 is 29.6 Å². The molecule has 158 valence electrons. The predicted molar refractivity (Wildman–Crippen MR) is 112 cm³/mol. The van der Waals surface area contributed by atoms with Crippen LogP contribution in [0, 0.1) is 0 Å². The molecule has 0 spiro atoms. The Labute approximate surface area is 175 Å². The molecule has 3 N–H and O–H groups in total. The zero-order valence-corrected chi connectivity index (χ0v) is 17.3. The van der Waals surface area contributed by atoms with E-state index in [-0.39, 0.29) is 12.3 Å². The monoisotopic (exact) mass is 410 g/mol. The van der Waals surface area contributed by atoms with Crippen LogP contribution in [0.25, 0.3) is 0 Å². The Morgan fingerprint density at radius 3 is 2.50 bits per heavy atom. The second-order valence-electron chi connectivity index (χ2n) is 8.33. The van der Waals surface area contributed by atoms with Gasteiger partial charge in [-0.1, -0.05) is 42.5 Å². The summed E-state index contributed by atoms with van der Waals surface area (Å²) in [6.07, 6.45) is -0.136. The largest absolute Gasteiger partial charge is 0.480 e. The van der Waals surface area contributed by atoms with E-state index in [1.54, 1.807) is 20.8 Å². The van der Waals surface area contributed by atoms with Gasteiger partial charge in [0.1, 0.15) is 11.6 Å². The van der Waals surface area contributed by atoms with Gasteiger partial charge in [-0.15, -0.1) is 0 Å². The minimum Gasteiger partial charge on any atom is -0.480 e. The van der Waals surface area contributed by atoms with Gasteiger partial charge in [0, 0.05) is 5.69 Å². The van der Waals surface area contributed by atoms with Crippen molar-refractivity contribution < 1.29 is 24.2 Å². The van der Waals surface area contributed by atoms with Gasteiger partial charge < -0.3 is 20.5 Å². The first-order chi connectivity index (χ1) is 14.1. The number of rotatable bonds is 6. The fourth-order valence-corrected chi connectivity index (χ4v) is 3.46. The number of carbonyl (C=O) groups excluding carboxylic acids is 2. The van der Waals surface area contributed by atoms with Crippen molar-refractivity contribution in [1.82, 2.24) is 5.32 Å². The third-order valence-electron chi connectivity index (χ3n) is 4.79. The Morgan fingerprint density at radius 2 is 1.87 bits per heavy atom. The van der Waals surface area contributed by atoms with Crippen LogP contribution in [0.3, 0.4) is 0 Å². The van der Waals surface area contributed by atoms with Crippen molar-refractivity contribution in [3.8, 4) is 0 Å². The number of benzene rings is 2. The summed E-state index contributed by atoms with van der Waals surface area (Å²) in [5, 5.41) is 14.8.